The Hall–Kier alpha value is -3.08. The van der Waals surface area contributed by atoms with Crippen LogP contribution in [0.25, 0.3) is 0 Å². The number of carbonyl (C=O) groups is 3. The summed E-state index contributed by atoms with van der Waals surface area (Å²) in [7, 11) is 0. The maximum atomic E-state index is 11.8. The van der Waals surface area contributed by atoms with Crippen molar-refractivity contribution in [3.63, 3.8) is 0 Å². The van der Waals surface area contributed by atoms with Gasteiger partial charge < -0.3 is 20.4 Å². The number of unbranched alkanes of at least 4 members (excludes halogenated alkanes) is 1. The molecule has 1 heterocycles. The number of thiophene rings is 1. The van der Waals surface area contributed by atoms with Gasteiger partial charge in [0.05, 0.1) is 17.8 Å². The van der Waals surface area contributed by atoms with Gasteiger partial charge in [0, 0.05) is 23.5 Å². The molecule has 0 saturated carbocycles. The predicted octanol–water partition coefficient (Wildman–Crippen LogP) is 5.23. The maximum absolute atomic E-state index is 11.8. The van der Waals surface area contributed by atoms with Gasteiger partial charge in [-0.1, -0.05) is 26.3 Å². The average molecular weight is 475 g/mol. The summed E-state index contributed by atoms with van der Waals surface area (Å²) < 4.78 is 31.7. The SMILES string of the molecule is CCCCN(Cc1cccs1)c1ccc(NC(=O)CC)cc1C(=O)O.O=C(O)C(F)(F)F. The van der Waals surface area contributed by atoms with Crippen LogP contribution in [0.5, 0.6) is 0 Å². The van der Waals surface area contributed by atoms with Gasteiger partial charge in [-0.2, -0.15) is 13.2 Å². The largest absolute Gasteiger partial charge is 0.490 e. The summed E-state index contributed by atoms with van der Waals surface area (Å²) >= 11 is 1.66. The summed E-state index contributed by atoms with van der Waals surface area (Å²) in [4.78, 5) is 35.5. The maximum Gasteiger partial charge on any atom is 0.490 e. The Balaban J connectivity index is 0.000000633. The minimum atomic E-state index is -5.08. The molecule has 7 nitrogen and oxygen atoms in total. The average Bonchev–Trinajstić information content (AvgIpc) is 3.24. The second kappa shape index (κ2) is 12.7. The normalized spacial score (nSPS) is 10.7. The summed E-state index contributed by atoms with van der Waals surface area (Å²) in [5.74, 6) is -3.88. The molecule has 0 bridgehead atoms. The molecule has 1 aromatic carbocycles. The van der Waals surface area contributed by atoms with Gasteiger partial charge >= 0.3 is 18.1 Å². The highest BCUT2D eigenvalue weighted by atomic mass is 32.1. The molecule has 0 spiro atoms. The van der Waals surface area contributed by atoms with Crippen molar-refractivity contribution in [1.82, 2.24) is 0 Å². The first-order valence-corrected chi connectivity index (χ1v) is 10.6. The van der Waals surface area contributed by atoms with Crippen LogP contribution in [0.2, 0.25) is 0 Å². The lowest BCUT2D eigenvalue weighted by atomic mass is 10.1. The molecule has 0 radical (unpaired) electrons. The molecule has 0 aliphatic heterocycles. The molecule has 1 aromatic heterocycles. The van der Waals surface area contributed by atoms with Crippen LogP contribution in [-0.4, -0.2) is 40.8 Å². The van der Waals surface area contributed by atoms with Crippen molar-refractivity contribution in [3.8, 4) is 0 Å². The number of alkyl halides is 3. The van der Waals surface area contributed by atoms with E-state index in [1.165, 1.54) is 4.88 Å². The lowest BCUT2D eigenvalue weighted by molar-refractivity contribution is -0.192. The van der Waals surface area contributed by atoms with Crippen LogP contribution >= 0.6 is 11.3 Å². The van der Waals surface area contributed by atoms with Gasteiger partial charge in [0.2, 0.25) is 5.91 Å². The minimum absolute atomic E-state index is 0.134. The van der Waals surface area contributed by atoms with Crippen molar-refractivity contribution in [2.45, 2.75) is 45.8 Å². The van der Waals surface area contributed by atoms with E-state index in [1.807, 2.05) is 11.4 Å². The number of aromatic carboxylic acids is 1. The van der Waals surface area contributed by atoms with Crippen LogP contribution in [0.1, 0.15) is 48.3 Å². The summed E-state index contributed by atoms with van der Waals surface area (Å²) in [6, 6.07) is 9.15. The predicted molar refractivity (Wildman–Crippen MR) is 116 cm³/mol. The summed E-state index contributed by atoms with van der Waals surface area (Å²) in [5.41, 5.74) is 1.41. The van der Waals surface area contributed by atoms with Crippen molar-refractivity contribution >= 4 is 40.6 Å². The van der Waals surface area contributed by atoms with Crippen LogP contribution in [0.3, 0.4) is 0 Å². The standard InChI is InChI=1S/C19H24N2O3S.C2HF3O2/c1-3-5-10-21(13-15-7-6-11-25-15)17-9-8-14(20-18(22)4-2)12-16(17)19(23)24;3-2(4,5)1(6)7/h6-9,11-12H,3-5,10,13H2,1-2H3,(H,20,22)(H,23,24);(H,6,7). The summed E-state index contributed by atoms with van der Waals surface area (Å²) in [5, 5.41) is 21.5. The highest BCUT2D eigenvalue weighted by Gasteiger charge is 2.38. The smallest absolute Gasteiger partial charge is 0.478 e. The number of carbonyl (C=O) groups excluding carboxylic acids is 1. The topological polar surface area (TPSA) is 107 Å². The number of halogens is 3. The Kier molecular flexibility index (Phi) is 10.7. The van der Waals surface area contributed by atoms with E-state index in [4.69, 9.17) is 9.90 Å². The zero-order valence-electron chi connectivity index (χ0n) is 17.6. The van der Waals surface area contributed by atoms with Gasteiger partial charge in [0.25, 0.3) is 0 Å². The van der Waals surface area contributed by atoms with Crippen molar-refractivity contribution < 1.29 is 37.8 Å². The molecule has 0 aliphatic rings. The number of anilines is 2. The number of amides is 1. The molecule has 2 rings (SSSR count). The number of carboxylic acids is 2. The van der Waals surface area contributed by atoms with Gasteiger partial charge in [-0.15, -0.1) is 11.3 Å². The zero-order valence-corrected chi connectivity index (χ0v) is 18.4. The first-order valence-electron chi connectivity index (χ1n) is 9.74. The number of nitrogens with one attached hydrogen (secondary N) is 1. The van der Waals surface area contributed by atoms with Gasteiger partial charge in [-0.3, -0.25) is 4.79 Å². The molecule has 1 amide bonds. The van der Waals surface area contributed by atoms with Crippen LogP contribution < -0.4 is 10.2 Å². The second-order valence-electron chi connectivity index (χ2n) is 6.60. The van der Waals surface area contributed by atoms with Crippen molar-refractivity contribution in [1.29, 1.82) is 0 Å². The van der Waals surface area contributed by atoms with Crippen LogP contribution in [0.15, 0.2) is 35.7 Å². The first-order chi connectivity index (χ1) is 15.0. The highest BCUT2D eigenvalue weighted by molar-refractivity contribution is 7.09. The Morgan fingerprint density at radius 2 is 1.78 bits per heavy atom. The molecule has 0 atom stereocenters. The second-order valence-corrected chi connectivity index (χ2v) is 7.63. The van der Waals surface area contributed by atoms with Gasteiger partial charge in [0.15, 0.2) is 0 Å². The van der Waals surface area contributed by atoms with Gasteiger partial charge in [-0.05, 0) is 36.1 Å². The molecule has 176 valence electrons. The van der Waals surface area contributed by atoms with E-state index in [9.17, 15) is 27.9 Å². The third kappa shape index (κ3) is 8.96. The number of rotatable bonds is 9. The third-order valence-corrected chi connectivity index (χ3v) is 4.98. The van der Waals surface area contributed by atoms with E-state index >= 15 is 0 Å². The Morgan fingerprint density at radius 3 is 2.25 bits per heavy atom. The Bertz CT molecular complexity index is 901. The molecule has 11 heteroatoms. The molecular weight excluding hydrogens is 449 g/mol. The van der Waals surface area contributed by atoms with E-state index < -0.39 is 18.1 Å². The molecule has 0 aliphatic carbocycles. The number of benzene rings is 1. The molecule has 0 fully saturated rings. The number of hydrogen-bond donors (Lipinski definition) is 3. The fourth-order valence-electron chi connectivity index (χ4n) is 2.53. The molecule has 0 unspecified atom stereocenters. The lowest BCUT2D eigenvalue weighted by Gasteiger charge is -2.26. The fourth-order valence-corrected chi connectivity index (χ4v) is 3.25. The quantitative estimate of drug-likeness (QED) is 0.459. The van der Waals surface area contributed by atoms with E-state index in [2.05, 4.69) is 23.2 Å². The zero-order chi connectivity index (χ0) is 24.3. The minimum Gasteiger partial charge on any atom is -0.478 e. The summed E-state index contributed by atoms with van der Waals surface area (Å²) in [6.45, 7) is 5.34. The molecule has 3 N–H and O–H groups in total. The van der Waals surface area contributed by atoms with Crippen LogP contribution in [0, 0.1) is 0 Å². The van der Waals surface area contributed by atoms with Gasteiger partial charge in [0.1, 0.15) is 0 Å². The van der Waals surface area contributed by atoms with E-state index in [0.717, 1.165) is 19.4 Å². The van der Waals surface area contributed by atoms with E-state index in [1.54, 1.807) is 36.5 Å². The molecule has 0 saturated heterocycles. The third-order valence-electron chi connectivity index (χ3n) is 4.12. The Morgan fingerprint density at radius 1 is 1.12 bits per heavy atom. The number of carboxylic acid groups (broad SMARTS) is 2. The number of hydrogen-bond acceptors (Lipinski definition) is 5. The number of nitrogens with zero attached hydrogens (tertiary/aromatic N) is 1. The van der Waals surface area contributed by atoms with E-state index in [-0.39, 0.29) is 11.5 Å². The summed E-state index contributed by atoms with van der Waals surface area (Å²) in [6.07, 6.45) is -2.71. The Labute approximate surface area is 187 Å². The van der Waals surface area contributed by atoms with Crippen molar-refractivity contribution in [3.05, 3.63) is 46.2 Å². The van der Waals surface area contributed by atoms with Gasteiger partial charge in [-0.25, -0.2) is 9.59 Å². The monoisotopic (exact) mass is 474 g/mol. The molecule has 2 aromatic rings. The molecular formula is C21H25F3N2O5S. The van der Waals surface area contributed by atoms with Crippen LogP contribution in [-0.2, 0) is 16.1 Å². The lowest BCUT2D eigenvalue weighted by Crippen LogP contribution is -2.25. The first kappa shape index (κ1) is 27.0. The van der Waals surface area contributed by atoms with Crippen LogP contribution in [0.4, 0.5) is 24.5 Å². The number of aliphatic carboxylic acids is 1. The van der Waals surface area contributed by atoms with Crippen molar-refractivity contribution in [2.75, 3.05) is 16.8 Å². The highest BCUT2D eigenvalue weighted by Crippen LogP contribution is 2.27. The van der Waals surface area contributed by atoms with Crippen molar-refractivity contribution in [2.24, 2.45) is 0 Å². The molecule has 32 heavy (non-hydrogen) atoms. The fraction of sp³-hybridized carbons (Fsp3) is 0.381. The van der Waals surface area contributed by atoms with E-state index in [0.29, 0.717) is 24.3 Å².